The number of amidine groups is 1. The topological polar surface area (TPSA) is 96.9 Å². The number of amides is 1. The molecule has 1 amide bonds. The lowest BCUT2D eigenvalue weighted by atomic mass is 9.61. The van der Waals surface area contributed by atoms with Crippen LogP contribution < -0.4 is 11.1 Å². The third-order valence-corrected chi connectivity index (χ3v) is 4.80. The van der Waals surface area contributed by atoms with Crippen LogP contribution in [-0.4, -0.2) is 36.7 Å². The molecule has 2 rings (SSSR count). The van der Waals surface area contributed by atoms with Crippen molar-refractivity contribution in [3.8, 4) is 0 Å². The Labute approximate surface area is 119 Å². The van der Waals surface area contributed by atoms with Gasteiger partial charge in [-0.25, -0.2) is 0 Å². The standard InChI is InChI=1S/C14H25N3O3/c1-10-7-14(8-10,11(15)17-19)12(18)16-9-13(2)3-5-20-6-4-13/h10,19H,3-9H2,1-2H3,(H2,15,17)(H,16,18). The smallest absolute Gasteiger partial charge is 0.233 e. The number of hydrogen-bond donors (Lipinski definition) is 3. The number of nitrogens with two attached hydrogens (primary N) is 1. The molecule has 6 nitrogen and oxygen atoms in total. The normalized spacial score (nSPS) is 33.3. The highest BCUT2D eigenvalue weighted by Crippen LogP contribution is 2.46. The Morgan fingerprint density at radius 1 is 1.45 bits per heavy atom. The van der Waals surface area contributed by atoms with Gasteiger partial charge in [-0.2, -0.15) is 0 Å². The van der Waals surface area contributed by atoms with E-state index in [1.54, 1.807) is 0 Å². The maximum atomic E-state index is 12.5. The van der Waals surface area contributed by atoms with Crippen molar-refractivity contribution in [3.05, 3.63) is 0 Å². The van der Waals surface area contributed by atoms with Crippen molar-refractivity contribution < 1.29 is 14.7 Å². The Morgan fingerprint density at radius 3 is 2.55 bits per heavy atom. The molecule has 1 aliphatic carbocycles. The molecule has 1 heterocycles. The number of carbonyl (C=O) groups is 1. The molecule has 1 aliphatic heterocycles. The Morgan fingerprint density at radius 2 is 2.05 bits per heavy atom. The molecular formula is C14H25N3O3. The monoisotopic (exact) mass is 283 g/mol. The highest BCUT2D eigenvalue weighted by molar-refractivity contribution is 6.07. The quantitative estimate of drug-likeness (QED) is 0.311. The van der Waals surface area contributed by atoms with E-state index in [0.29, 0.717) is 25.3 Å². The average molecular weight is 283 g/mol. The van der Waals surface area contributed by atoms with E-state index in [1.165, 1.54) is 0 Å². The van der Waals surface area contributed by atoms with Gasteiger partial charge in [0, 0.05) is 19.8 Å². The Kier molecular flexibility index (Phi) is 4.22. The first-order chi connectivity index (χ1) is 9.42. The van der Waals surface area contributed by atoms with Crippen LogP contribution in [-0.2, 0) is 9.53 Å². The summed E-state index contributed by atoms with van der Waals surface area (Å²) in [5, 5.41) is 15.0. The van der Waals surface area contributed by atoms with Crippen LogP contribution in [0.4, 0.5) is 0 Å². The summed E-state index contributed by atoms with van der Waals surface area (Å²) in [6.07, 6.45) is 3.18. The van der Waals surface area contributed by atoms with E-state index in [4.69, 9.17) is 15.7 Å². The van der Waals surface area contributed by atoms with E-state index in [9.17, 15) is 4.79 Å². The maximum absolute atomic E-state index is 12.5. The van der Waals surface area contributed by atoms with E-state index in [2.05, 4.69) is 24.3 Å². The molecule has 0 atom stereocenters. The molecule has 4 N–H and O–H groups in total. The number of nitrogens with zero attached hydrogens (tertiary/aromatic N) is 1. The molecule has 0 spiro atoms. The first-order valence-corrected chi connectivity index (χ1v) is 7.26. The van der Waals surface area contributed by atoms with Crippen LogP contribution in [0.25, 0.3) is 0 Å². The first kappa shape index (κ1) is 15.1. The maximum Gasteiger partial charge on any atom is 0.233 e. The van der Waals surface area contributed by atoms with Crippen LogP contribution in [0.2, 0.25) is 0 Å². The van der Waals surface area contributed by atoms with Crippen molar-refractivity contribution in [3.63, 3.8) is 0 Å². The third kappa shape index (κ3) is 2.75. The van der Waals surface area contributed by atoms with Crippen molar-refractivity contribution >= 4 is 11.7 Å². The lowest BCUT2D eigenvalue weighted by Gasteiger charge is -2.44. The molecule has 6 heteroatoms. The van der Waals surface area contributed by atoms with Crippen LogP contribution in [0.3, 0.4) is 0 Å². The van der Waals surface area contributed by atoms with E-state index in [1.807, 2.05) is 0 Å². The third-order valence-electron chi connectivity index (χ3n) is 4.80. The van der Waals surface area contributed by atoms with E-state index >= 15 is 0 Å². The Balaban J connectivity index is 1.96. The average Bonchev–Trinajstić information content (AvgIpc) is 2.41. The fraction of sp³-hybridized carbons (Fsp3) is 0.857. The second-order valence-electron chi connectivity index (χ2n) is 6.69. The number of nitrogens with one attached hydrogen (secondary N) is 1. The summed E-state index contributed by atoms with van der Waals surface area (Å²) < 4.78 is 5.36. The van der Waals surface area contributed by atoms with E-state index in [0.717, 1.165) is 26.1 Å². The van der Waals surface area contributed by atoms with Crippen molar-refractivity contribution in [2.75, 3.05) is 19.8 Å². The van der Waals surface area contributed by atoms with E-state index in [-0.39, 0.29) is 17.2 Å². The predicted octanol–water partition coefficient (Wildman–Crippen LogP) is 1.08. The summed E-state index contributed by atoms with van der Waals surface area (Å²) in [4.78, 5) is 12.5. The zero-order chi connectivity index (χ0) is 14.8. The second kappa shape index (κ2) is 5.60. The molecule has 0 unspecified atom stereocenters. The summed E-state index contributed by atoms with van der Waals surface area (Å²) in [6.45, 7) is 6.33. The Hall–Kier alpha value is -1.30. The first-order valence-electron chi connectivity index (χ1n) is 7.26. The molecule has 0 radical (unpaired) electrons. The summed E-state index contributed by atoms with van der Waals surface area (Å²) >= 11 is 0. The molecule has 0 aromatic rings. The van der Waals surface area contributed by atoms with Gasteiger partial charge in [-0.05, 0) is 37.0 Å². The molecule has 1 saturated carbocycles. The molecule has 1 saturated heterocycles. The molecule has 2 fully saturated rings. The van der Waals surface area contributed by atoms with Crippen LogP contribution in [0.5, 0.6) is 0 Å². The van der Waals surface area contributed by atoms with Gasteiger partial charge >= 0.3 is 0 Å². The fourth-order valence-electron chi connectivity index (χ4n) is 3.24. The zero-order valence-corrected chi connectivity index (χ0v) is 12.3. The van der Waals surface area contributed by atoms with Gasteiger partial charge in [0.15, 0.2) is 5.84 Å². The van der Waals surface area contributed by atoms with Gasteiger partial charge in [0.05, 0.1) is 0 Å². The Bertz CT molecular complexity index is 396. The second-order valence-corrected chi connectivity index (χ2v) is 6.69. The number of oxime groups is 1. The molecule has 20 heavy (non-hydrogen) atoms. The zero-order valence-electron chi connectivity index (χ0n) is 12.3. The molecule has 0 aromatic carbocycles. The highest BCUT2D eigenvalue weighted by Gasteiger charge is 2.52. The minimum absolute atomic E-state index is 0.0326. The van der Waals surface area contributed by atoms with Gasteiger partial charge in [0.1, 0.15) is 5.41 Å². The highest BCUT2D eigenvalue weighted by atomic mass is 16.5. The SMILES string of the molecule is CC1CC(C(=O)NCC2(C)CCOCC2)(C(N)=NO)C1. The largest absolute Gasteiger partial charge is 0.409 e. The minimum Gasteiger partial charge on any atom is -0.409 e. The molecule has 2 aliphatic rings. The van der Waals surface area contributed by atoms with Crippen LogP contribution in [0.1, 0.15) is 39.5 Å². The van der Waals surface area contributed by atoms with Crippen molar-refractivity contribution in [2.24, 2.45) is 27.6 Å². The minimum atomic E-state index is -0.810. The van der Waals surface area contributed by atoms with Gasteiger partial charge in [0.25, 0.3) is 0 Å². The van der Waals surface area contributed by atoms with Crippen LogP contribution >= 0.6 is 0 Å². The van der Waals surface area contributed by atoms with Crippen molar-refractivity contribution in [2.45, 2.75) is 39.5 Å². The number of rotatable bonds is 4. The fourth-order valence-corrected chi connectivity index (χ4v) is 3.24. The van der Waals surface area contributed by atoms with Crippen molar-refractivity contribution in [1.82, 2.24) is 5.32 Å². The number of carbonyl (C=O) groups excluding carboxylic acids is 1. The van der Waals surface area contributed by atoms with Crippen molar-refractivity contribution in [1.29, 1.82) is 0 Å². The summed E-state index contributed by atoms with van der Waals surface area (Å²) in [5.41, 5.74) is 5.01. The van der Waals surface area contributed by atoms with Gasteiger partial charge < -0.3 is 21.0 Å². The lowest BCUT2D eigenvalue weighted by Crippen LogP contribution is -2.58. The number of ether oxygens (including phenoxy) is 1. The summed E-state index contributed by atoms with van der Waals surface area (Å²) in [7, 11) is 0. The van der Waals surface area contributed by atoms with Crippen LogP contribution in [0, 0.1) is 16.7 Å². The lowest BCUT2D eigenvalue weighted by molar-refractivity contribution is -0.134. The molecule has 0 bridgehead atoms. The summed E-state index contributed by atoms with van der Waals surface area (Å²) in [5.74, 6) is 0.351. The number of hydrogen-bond acceptors (Lipinski definition) is 4. The molecule has 114 valence electrons. The van der Waals surface area contributed by atoms with Gasteiger partial charge in [-0.3, -0.25) is 4.79 Å². The predicted molar refractivity (Wildman–Crippen MR) is 75.4 cm³/mol. The van der Waals surface area contributed by atoms with Gasteiger partial charge in [-0.15, -0.1) is 0 Å². The van der Waals surface area contributed by atoms with E-state index < -0.39 is 5.41 Å². The molecule has 0 aromatic heterocycles. The van der Waals surface area contributed by atoms with Crippen LogP contribution in [0.15, 0.2) is 5.16 Å². The molecular weight excluding hydrogens is 258 g/mol. The summed E-state index contributed by atoms with van der Waals surface area (Å²) in [6, 6.07) is 0. The van der Waals surface area contributed by atoms with Gasteiger partial charge in [-0.1, -0.05) is 19.0 Å². The van der Waals surface area contributed by atoms with Gasteiger partial charge in [0.2, 0.25) is 5.91 Å².